The van der Waals surface area contributed by atoms with Gasteiger partial charge in [0.2, 0.25) is 0 Å². The molecule has 0 N–H and O–H groups in total. The van der Waals surface area contributed by atoms with Gasteiger partial charge in [-0.25, -0.2) is 9.97 Å². The Morgan fingerprint density at radius 1 is 0.159 bits per heavy atom. The van der Waals surface area contributed by atoms with Gasteiger partial charge in [-0.15, -0.1) is 22.1 Å². The number of aromatic nitrogens is 4. The monoisotopic (exact) mass is 1480 g/mol. The first kappa shape index (κ1) is 60.6. The molecule has 0 amide bonds. The molecule has 0 atom stereocenters. The van der Waals surface area contributed by atoms with E-state index in [1.165, 1.54) is 220 Å². The Morgan fingerprint density at radius 3 is 0.416 bits per heavy atom. The molecule has 514 valence electrons. The second kappa shape index (κ2) is 21.3. The van der Waals surface area contributed by atoms with Crippen molar-refractivity contribution in [3.05, 3.63) is 449 Å². The summed E-state index contributed by atoms with van der Waals surface area (Å²) < 4.78 is 0. The third kappa shape index (κ3) is 7.70. The summed E-state index contributed by atoms with van der Waals surface area (Å²) in [6.07, 6.45) is 0. The topological polar surface area (TPSA) is 54.0 Å². The molecule has 2 aliphatic heterocycles. The molecule has 33 rings (SSSR count). The summed E-state index contributed by atoms with van der Waals surface area (Å²) in [5, 5.41) is 20.0. The minimum absolute atomic E-state index is 0. The van der Waals surface area contributed by atoms with Gasteiger partial charge in [0, 0.05) is 47.3 Å². The van der Waals surface area contributed by atoms with Crippen molar-refractivity contribution in [2.75, 3.05) is 0 Å². The van der Waals surface area contributed by atoms with Gasteiger partial charge < -0.3 is 9.97 Å². The van der Waals surface area contributed by atoms with Gasteiger partial charge in [-0.2, -0.15) is 0 Å². The molecular weight excluding hydrogens is 1420 g/mol. The first-order chi connectivity index (χ1) is 55.5. The van der Waals surface area contributed by atoms with Gasteiger partial charge >= 0.3 is 19.5 Å². The molecule has 5 heterocycles. The number of fused-ring (bicyclic) bond motifs is 16. The summed E-state index contributed by atoms with van der Waals surface area (Å²) >= 11 is 0. The molecule has 5 heteroatoms. The van der Waals surface area contributed by atoms with E-state index in [1.807, 2.05) is 0 Å². The molecule has 16 bridgehead atoms. The predicted octanol–water partition coefficient (Wildman–Crippen LogP) is 25.2. The number of hydrogen-bond acceptors (Lipinski definition) is 2. The van der Waals surface area contributed by atoms with E-state index in [-0.39, 0.29) is 66.8 Å². The molecule has 0 unspecified atom stereocenters. The Bertz CT molecular complexity index is 6820. The smallest absolute Gasteiger partial charge is 0.657 e. The normalized spacial score (nSPS) is 19.9. The molecular formula is C108H60N4Zn. The van der Waals surface area contributed by atoms with Gasteiger partial charge in [0.25, 0.3) is 0 Å². The molecule has 14 aliphatic rings. The van der Waals surface area contributed by atoms with E-state index in [4.69, 9.17) is 19.9 Å². The van der Waals surface area contributed by atoms with Crippen molar-refractivity contribution in [2.24, 2.45) is 0 Å². The SMILES string of the molecule is [Zn+2].c1ccc2cc3c(cc2c1)C1C2=C(c4cc5[n-]c(cc6nc(cc7[n-]c(cc2n4)c2c7C4c7cc8ccccc8cc7C2c2cc7ccccc7cc24)C2=C6C4c6cc7ccccc7cc6C2c2cc6ccccc6cc24)c2c5C4c5cc6ccccc6cc5C2c2cc5ccccc5cc24)C3c2cc3ccccc3cc21. The van der Waals surface area contributed by atoms with Crippen LogP contribution in [0.1, 0.15) is 181 Å². The van der Waals surface area contributed by atoms with Gasteiger partial charge in [0.15, 0.2) is 0 Å². The first-order valence-corrected chi connectivity index (χ1v) is 39.9. The molecule has 0 radical (unpaired) electrons. The number of allylic oxidation sites excluding steroid dienone is 4. The Labute approximate surface area is 661 Å². The van der Waals surface area contributed by atoms with E-state index in [0.717, 1.165) is 44.8 Å². The summed E-state index contributed by atoms with van der Waals surface area (Å²) in [4.78, 5) is 25.5. The van der Waals surface area contributed by atoms with Gasteiger partial charge in [0.1, 0.15) is 0 Å². The van der Waals surface area contributed by atoms with Crippen LogP contribution in [0.2, 0.25) is 0 Å². The van der Waals surface area contributed by atoms with Crippen LogP contribution in [-0.4, -0.2) is 9.97 Å². The summed E-state index contributed by atoms with van der Waals surface area (Å²) in [6.45, 7) is 0. The molecule has 3 aromatic heterocycles. The van der Waals surface area contributed by atoms with Crippen molar-refractivity contribution in [3.8, 4) is 0 Å². The summed E-state index contributed by atoms with van der Waals surface area (Å²) in [5.74, 6) is -1.07. The third-order valence-corrected chi connectivity index (χ3v) is 28.3. The second-order valence-electron chi connectivity index (χ2n) is 33.5. The maximum atomic E-state index is 6.37. The number of rotatable bonds is 0. The van der Waals surface area contributed by atoms with Gasteiger partial charge in [0.05, 0.1) is 22.8 Å². The van der Waals surface area contributed by atoms with Crippen molar-refractivity contribution in [3.63, 3.8) is 0 Å². The Hall–Kier alpha value is -13.2. The number of nitrogens with zero attached hydrogens (tertiary/aromatic N) is 4. The van der Waals surface area contributed by atoms with Crippen LogP contribution in [-0.2, 0) is 19.5 Å². The molecule has 113 heavy (non-hydrogen) atoms. The van der Waals surface area contributed by atoms with Crippen LogP contribution in [0.3, 0.4) is 0 Å². The zero-order chi connectivity index (χ0) is 71.9. The fraction of sp³-hybridized carbons (Fsp3) is 0.0741. The molecule has 0 saturated carbocycles. The van der Waals surface area contributed by atoms with E-state index in [0.29, 0.717) is 0 Å². The standard InChI is InChI=1S/C108H60N4.Zn/c1-2-18-54-34-70-69(33-53(54)17-1)93-71-35-55-19-3-4-20-56(55)36-72(71)94(70)102-86-50-88-104-96-77-41-61-25-9-11-27-63(61)43-79(77)98(80-44-64-28-12-10-26-62(64)42-78(80)96)106(104)90(111-88)52-92-108-100-83-47-67-31-15-13-29-65(67)45-81(83)99(82-46-66-30-14-16-32-68(66)48-84(82)100)107(108)91(112-92)51-89-105-97-75-39-59-23-7-5-21-57(59)37-73(75)95(103(105)87(110-89)49-85(109-86)101(93)102)74-38-58-22-6-8-24-60(58)40-76(74)97;/h1-52,93-100H;/q-2;+2. The van der Waals surface area contributed by atoms with E-state index in [9.17, 15) is 0 Å². The minimum atomic E-state index is -0.134. The zero-order valence-electron chi connectivity index (χ0n) is 61.1. The van der Waals surface area contributed by atoms with Crippen LogP contribution in [0, 0.1) is 0 Å². The summed E-state index contributed by atoms with van der Waals surface area (Å²) in [7, 11) is 0. The van der Waals surface area contributed by atoms with Gasteiger partial charge in [-0.05, 0) is 317 Å². The molecule has 12 aliphatic carbocycles. The van der Waals surface area contributed by atoms with E-state index < -0.39 is 0 Å². The fourth-order valence-corrected chi connectivity index (χ4v) is 24.0. The van der Waals surface area contributed by atoms with Crippen molar-refractivity contribution >= 4 is 131 Å². The second-order valence-corrected chi connectivity index (χ2v) is 33.5. The molecule has 16 aromatic carbocycles. The molecule has 19 aromatic rings. The van der Waals surface area contributed by atoms with Crippen LogP contribution >= 0.6 is 0 Å². The van der Waals surface area contributed by atoms with Crippen molar-refractivity contribution in [2.45, 2.75) is 47.3 Å². The van der Waals surface area contributed by atoms with Crippen molar-refractivity contribution < 1.29 is 19.5 Å². The molecule has 0 fully saturated rings. The molecule has 0 spiro atoms. The van der Waals surface area contributed by atoms with E-state index >= 15 is 0 Å². The van der Waals surface area contributed by atoms with Gasteiger partial charge in [-0.3, -0.25) is 0 Å². The average Bonchev–Trinajstić information content (AvgIpc) is 1.59. The van der Waals surface area contributed by atoms with E-state index in [2.05, 4.69) is 315 Å². The third-order valence-electron chi connectivity index (χ3n) is 28.3. The Morgan fingerprint density at radius 2 is 0.283 bits per heavy atom. The quantitative estimate of drug-likeness (QED) is 0.142. The number of hydrogen-bond donors (Lipinski definition) is 0. The zero-order valence-corrected chi connectivity index (χ0v) is 64.1. The van der Waals surface area contributed by atoms with Crippen LogP contribution in [0.5, 0.6) is 0 Å². The predicted molar refractivity (Wildman–Crippen MR) is 455 cm³/mol. The average molecular weight is 1480 g/mol. The van der Waals surface area contributed by atoms with Crippen LogP contribution in [0.25, 0.3) is 131 Å². The summed E-state index contributed by atoms with van der Waals surface area (Å²) in [6, 6.07) is 122. The van der Waals surface area contributed by atoms with E-state index in [1.54, 1.807) is 0 Å². The first-order valence-electron chi connectivity index (χ1n) is 39.9. The maximum absolute atomic E-state index is 6.37. The number of benzene rings is 16. The fourth-order valence-electron chi connectivity index (χ4n) is 24.0. The summed E-state index contributed by atoms with van der Waals surface area (Å²) in [5.41, 5.74) is 39.8. The molecule has 0 saturated heterocycles. The van der Waals surface area contributed by atoms with Crippen LogP contribution < -0.4 is 9.97 Å². The van der Waals surface area contributed by atoms with Crippen LogP contribution in [0.15, 0.2) is 315 Å². The van der Waals surface area contributed by atoms with Crippen molar-refractivity contribution in [1.29, 1.82) is 0 Å². The van der Waals surface area contributed by atoms with Crippen LogP contribution in [0.4, 0.5) is 0 Å². The molecule has 4 nitrogen and oxygen atoms in total. The van der Waals surface area contributed by atoms with Gasteiger partial charge in [-0.1, -0.05) is 218 Å². The Balaban J connectivity index is 0.00000676. The minimum Gasteiger partial charge on any atom is -0.657 e. The largest absolute Gasteiger partial charge is 2.00 e. The van der Waals surface area contributed by atoms with Crippen molar-refractivity contribution in [1.82, 2.24) is 19.9 Å². The maximum Gasteiger partial charge on any atom is 2.00 e. The Kier molecular flexibility index (Phi) is 11.4.